The van der Waals surface area contributed by atoms with Gasteiger partial charge >= 0.3 is 0 Å². The number of nitrogens with two attached hydrogens (primary N) is 1. The second-order valence-electron chi connectivity index (χ2n) is 4.37. The fourth-order valence-corrected chi connectivity index (χ4v) is 2.95. The number of anilines is 2. The van der Waals surface area contributed by atoms with Gasteiger partial charge in [-0.15, -0.1) is 5.92 Å². The molecule has 1 aliphatic rings. The topological polar surface area (TPSA) is 71.2 Å². The summed E-state index contributed by atoms with van der Waals surface area (Å²) in [6.07, 6.45) is 3.61. The largest absolute Gasteiger partial charge is 0.382 e. The summed E-state index contributed by atoms with van der Waals surface area (Å²) < 4.78 is 0. The van der Waals surface area contributed by atoms with Crippen LogP contribution in [-0.4, -0.2) is 30.5 Å². The van der Waals surface area contributed by atoms with Crippen molar-refractivity contribution in [2.45, 2.75) is 26.2 Å². The number of thiazole rings is 1. The molecule has 1 fully saturated rings. The Morgan fingerprint density at radius 3 is 2.89 bits per heavy atom. The van der Waals surface area contributed by atoms with Gasteiger partial charge in [-0.05, 0) is 26.2 Å². The molecule has 0 radical (unpaired) electrons. The van der Waals surface area contributed by atoms with Crippen LogP contribution in [0.5, 0.6) is 0 Å². The molecule has 2 rings (SSSR count). The Labute approximate surface area is 117 Å². The Balaban J connectivity index is 2.06. The molecule has 1 aromatic rings. The molecule has 1 saturated heterocycles. The fraction of sp³-hybridized carbons (Fsp3) is 0.538. The predicted octanol–water partition coefficient (Wildman–Crippen LogP) is 1.47. The molecule has 3 N–H and O–H groups in total. The van der Waals surface area contributed by atoms with Crippen LogP contribution >= 0.6 is 11.3 Å². The first-order valence-corrected chi connectivity index (χ1v) is 7.23. The molecule has 1 aliphatic heterocycles. The number of nitrogen functional groups attached to an aromatic ring is 1. The van der Waals surface area contributed by atoms with Crippen molar-refractivity contribution in [2.24, 2.45) is 0 Å². The van der Waals surface area contributed by atoms with Crippen molar-refractivity contribution in [2.75, 3.05) is 30.3 Å². The van der Waals surface area contributed by atoms with E-state index in [1.54, 1.807) is 6.92 Å². The molecular formula is C13H18N4OS. The van der Waals surface area contributed by atoms with Crippen LogP contribution in [-0.2, 0) is 0 Å². The van der Waals surface area contributed by atoms with Gasteiger partial charge in [-0.25, -0.2) is 4.98 Å². The zero-order chi connectivity index (χ0) is 13.7. The number of nitrogens with one attached hydrogen (secondary N) is 1. The third-order valence-corrected chi connectivity index (χ3v) is 4.12. The molecule has 0 unspecified atom stereocenters. The summed E-state index contributed by atoms with van der Waals surface area (Å²) >= 11 is 1.36. The number of hydrogen-bond acceptors (Lipinski definition) is 5. The van der Waals surface area contributed by atoms with E-state index in [0.29, 0.717) is 17.2 Å². The standard InChI is InChI=1S/C13H18N4OS/c1-2-3-7-15-12(18)10-11(14)16-13(19-10)17-8-5-4-6-9-17/h4-9,14H2,1H3,(H,15,18). The van der Waals surface area contributed by atoms with Gasteiger partial charge in [-0.1, -0.05) is 17.3 Å². The summed E-state index contributed by atoms with van der Waals surface area (Å²) in [5.41, 5.74) is 5.83. The first-order valence-electron chi connectivity index (χ1n) is 6.41. The van der Waals surface area contributed by atoms with Gasteiger partial charge in [-0.3, -0.25) is 4.79 Å². The van der Waals surface area contributed by atoms with Crippen molar-refractivity contribution in [3.8, 4) is 11.8 Å². The molecule has 0 atom stereocenters. The third-order valence-electron chi connectivity index (χ3n) is 2.99. The lowest BCUT2D eigenvalue weighted by atomic mass is 10.1. The van der Waals surface area contributed by atoms with Crippen molar-refractivity contribution in [1.82, 2.24) is 10.3 Å². The van der Waals surface area contributed by atoms with E-state index in [9.17, 15) is 4.79 Å². The van der Waals surface area contributed by atoms with E-state index in [1.807, 2.05) is 0 Å². The van der Waals surface area contributed by atoms with Crippen molar-refractivity contribution < 1.29 is 4.79 Å². The molecular weight excluding hydrogens is 260 g/mol. The number of carbonyl (C=O) groups is 1. The first-order chi connectivity index (χ1) is 9.22. The van der Waals surface area contributed by atoms with E-state index in [-0.39, 0.29) is 5.91 Å². The zero-order valence-corrected chi connectivity index (χ0v) is 11.8. The number of hydrogen-bond donors (Lipinski definition) is 2. The predicted molar refractivity (Wildman–Crippen MR) is 78.4 cm³/mol. The van der Waals surface area contributed by atoms with Crippen molar-refractivity contribution in [3.05, 3.63) is 4.88 Å². The molecule has 6 heteroatoms. The van der Waals surface area contributed by atoms with Crippen LogP contribution in [0.2, 0.25) is 0 Å². The molecule has 0 saturated carbocycles. The minimum Gasteiger partial charge on any atom is -0.382 e. The molecule has 5 nitrogen and oxygen atoms in total. The highest BCUT2D eigenvalue weighted by Gasteiger charge is 2.20. The molecule has 1 amide bonds. The van der Waals surface area contributed by atoms with Gasteiger partial charge in [0, 0.05) is 13.1 Å². The van der Waals surface area contributed by atoms with E-state index in [2.05, 4.69) is 27.0 Å². The second-order valence-corrected chi connectivity index (χ2v) is 5.35. The van der Waals surface area contributed by atoms with Gasteiger partial charge < -0.3 is 16.0 Å². The normalized spacial score (nSPS) is 14.7. The summed E-state index contributed by atoms with van der Waals surface area (Å²) in [7, 11) is 0. The summed E-state index contributed by atoms with van der Waals surface area (Å²) in [5.74, 6) is 5.64. The van der Waals surface area contributed by atoms with E-state index < -0.39 is 0 Å². The van der Waals surface area contributed by atoms with Gasteiger partial charge in [0.05, 0.1) is 6.54 Å². The quantitative estimate of drug-likeness (QED) is 0.821. The number of aromatic nitrogens is 1. The van der Waals surface area contributed by atoms with E-state index in [4.69, 9.17) is 5.73 Å². The van der Waals surface area contributed by atoms with Crippen LogP contribution in [0, 0.1) is 11.8 Å². The van der Waals surface area contributed by atoms with Gasteiger partial charge in [-0.2, -0.15) is 0 Å². The highest BCUT2D eigenvalue weighted by Crippen LogP contribution is 2.29. The van der Waals surface area contributed by atoms with E-state index >= 15 is 0 Å². The number of amides is 1. The molecule has 19 heavy (non-hydrogen) atoms. The smallest absolute Gasteiger partial charge is 0.266 e. The summed E-state index contributed by atoms with van der Waals surface area (Å²) in [6.45, 7) is 4.07. The zero-order valence-electron chi connectivity index (χ0n) is 11.0. The highest BCUT2D eigenvalue weighted by molar-refractivity contribution is 7.18. The fourth-order valence-electron chi connectivity index (χ4n) is 2.00. The number of nitrogens with zero attached hydrogens (tertiary/aromatic N) is 2. The lowest BCUT2D eigenvalue weighted by molar-refractivity contribution is 0.0963. The molecule has 0 spiro atoms. The van der Waals surface area contributed by atoms with Gasteiger partial charge in [0.2, 0.25) is 0 Å². The maximum absolute atomic E-state index is 11.9. The minimum absolute atomic E-state index is 0.194. The Morgan fingerprint density at radius 2 is 2.21 bits per heavy atom. The monoisotopic (exact) mass is 278 g/mol. The van der Waals surface area contributed by atoms with Crippen LogP contribution in [0.25, 0.3) is 0 Å². The maximum atomic E-state index is 11.9. The maximum Gasteiger partial charge on any atom is 0.266 e. The Hall–Kier alpha value is -1.74. The summed E-state index contributed by atoms with van der Waals surface area (Å²) in [6, 6.07) is 0. The molecule has 0 aromatic carbocycles. The third kappa shape index (κ3) is 3.38. The number of rotatable bonds is 3. The van der Waals surface area contributed by atoms with Crippen molar-refractivity contribution in [1.29, 1.82) is 0 Å². The Morgan fingerprint density at radius 1 is 1.47 bits per heavy atom. The average Bonchev–Trinajstić information content (AvgIpc) is 2.82. The Bertz CT molecular complexity index is 508. The molecule has 0 bridgehead atoms. The molecule has 2 heterocycles. The van der Waals surface area contributed by atoms with E-state index in [1.165, 1.54) is 30.6 Å². The van der Waals surface area contributed by atoms with Gasteiger partial charge in [0.15, 0.2) is 5.13 Å². The van der Waals surface area contributed by atoms with Crippen LogP contribution in [0.4, 0.5) is 10.9 Å². The summed E-state index contributed by atoms with van der Waals surface area (Å²) in [4.78, 5) is 18.9. The van der Waals surface area contributed by atoms with Crippen LogP contribution in [0.3, 0.4) is 0 Å². The first kappa shape index (κ1) is 13.7. The van der Waals surface area contributed by atoms with Crippen LogP contribution in [0.15, 0.2) is 0 Å². The lowest BCUT2D eigenvalue weighted by Gasteiger charge is -2.25. The van der Waals surface area contributed by atoms with Crippen molar-refractivity contribution in [3.63, 3.8) is 0 Å². The average molecular weight is 278 g/mol. The number of carbonyl (C=O) groups excluding carboxylic acids is 1. The van der Waals surface area contributed by atoms with Crippen LogP contribution in [0.1, 0.15) is 35.9 Å². The molecule has 102 valence electrons. The van der Waals surface area contributed by atoms with Gasteiger partial charge in [0.25, 0.3) is 5.91 Å². The van der Waals surface area contributed by atoms with Crippen molar-refractivity contribution >= 4 is 28.2 Å². The SMILES string of the molecule is CC#CCNC(=O)c1sc(N2CCCCC2)nc1N. The van der Waals surface area contributed by atoms with E-state index in [0.717, 1.165) is 18.2 Å². The van der Waals surface area contributed by atoms with Gasteiger partial charge in [0.1, 0.15) is 10.7 Å². The number of piperidine rings is 1. The molecule has 1 aromatic heterocycles. The summed E-state index contributed by atoms with van der Waals surface area (Å²) in [5, 5.41) is 3.57. The second kappa shape index (κ2) is 6.43. The van der Waals surface area contributed by atoms with Crippen LogP contribution < -0.4 is 16.0 Å². The lowest BCUT2D eigenvalue weighted by Crippen LogP contribution is -2.29. The minimum atomic E-state index is -0.194. The Kier molecular flexibility index (Phi) is 4.63. The molecule has 0 aliphatic carbocycles. The highest BCUT2D eigenvalue weighted by atomic mass is 32.1.